The molecule has 0 bridgehead atoms. The molecule has 6 heteroatoms. The van der Waals surface area contributed by atoms with Crippen LogP contribution in [0.4, 0.5) is 8.78 Å². The van der Waals surface area contributed by atoms with Gasteiger partial charge in [-0.3, -0.25) is 4.79 Å². The zero-order valence-electron chi connectivity index (χ0n) is 19.3. The zero-order chi connectivity index (χ0) is 24.9. The molecule has 4 nitrogen and oxygen atoms in total. The largest absolute Gasteiger partial charge is 0.344 e. The maximum Gasteiger partial charge on any atom is 0.270 e. The number of nitrogens with one attached hydrogen (secondary N) is 1. The summed E-state index contributed by atoms with van der Waals surface area (Å²) in [4.78, 5) is 13.7. The molecule has 0 aliphatic heterocycles. The van der Waals surface area contributed by atoms with Crippen molar-refractivity contribution in [3.63, 3.8) is 0 Å². The van der Waals surface area contributed by atoms with E-state index in [4.69, 9.17) is 0 Å². The van der Waals surface area contributed by atoms with Crippen molar-refractivity contribution in [2.75, 3.05) is 0 Å². The average Bonchev–Trinajstić information content (AvgIpc) is 3.36. The van der Waals surface area contributed by atoms with Crippen LogP contribution in [0.25, 0.3) is 16.9 Å². The van der Waals surface area contributed by atoms with E-state index in [1.807, 2.05) is 60.7 Å². The Morgan fingerprint density at radius 1 is 0.778 bits per heavy atom. The summed E-state index contributed by atoms with van der Waals surface area (Å²) < 4.78 is 28.6. The van der Waals surface area contributed by atoms with Gasteiger partial charge in [-0.25, -0.2) is 13.5 Å². The molecule has 4 aromatic carbocycles. The fourth-order valence-electron chi connectivity index (χ4n) is 4.10. The van der Waals surface area contributed by atoms with E-state index in [-0.39, 0.29) is 29.3 Å². The summed E-state index contributed by atoms with van der Waals surface area (Å²) in [5.41, 5.74) is 4.05. The number of nitrogens with zero attached hydrogens (tertiary/aromatic N) is 2. The number of aromatic nitrogens is 2. The smallest absolute Gasteiger partial charge is 0.270 e. The molecule has 178 valence electrons. The number of rotatable bonds is 7. The van der Waals surface area contributed by atoms with Gasteiger partial charge in [-0.15, -0.1) is 0 Å². The monoisotopic (exact) mass is 479 g/mol. The van der Waals surface area contributed by atoms with E-state index in [2.05, 4.69) is 10.4 Å². The van der Waals surface area contributed by atoms with Gasteiger partial charge in [-0.1, -0.05) is 60.7 Å². The van der Waals surface area contributed by atoms with Crippen molar-refractivity contribution >= 4 is 5.91 Å². The summed E-state index contributed by atoms with van der Waals surface area (Å²) in [6, 6.07) is 32.8. The van der Waals surface area contributed by atoms with Crippen LogP contribution in [0.5, 0.6) is 0 Å². The lowest BCUT2D eigenvalue weighted by molar-refractivity contribution is 0.0928. The van der Waals surface area contributed by atoms with Gasteiger partial charge in [0.15, 0.2) is 0 Å². The summed E-state index contributed by atoms with van der Waals surface area (Å²) >= 11 is 0. The molecule has 0 saturated carbocycles. The highest BCUT2D eigenvalue weighted by Gasteiger charge is 2.22. The molecule has 0 aliphatic rings. The van der Waals surface area contributed by atoms with Gasteiger partial charge in [0.05, 0.1) is 17.4 Å². The minimum Gasteiger partial charge on any atom is -0.344 e. The van der Waals surface area contributed by atoms with Crippen LogP contribution in [-0.2, 0) is 6.42 Å². The lowest BCUT2D eigenvalue weighted by Crippen LogP contribution is -2.31. The fourth-order valence-corrected chi connectivity index (χ4v) is 4.10. The molecule has 1 atom stereocenters. The van der Waals surface area contributed by atoms with Crippen LogP contribution in [0.3, 0.4) is 0 Å². The maximum atomic E-state index is 13.7. The Hall–Kier alpha value is -4.58. The second-order valence-electron chi connectivity index (χ2n) is 8.44. The average molecular weight is 480 g/mol. The van der Waals surface area contributed by atoms with E-state index >= 15 is 0 Å². The topological polar surface area (TPSA) is 46.9 Å². The van der Waals surface area contributed by atoms with Crippen molar-refractivity contribution in [3.05, 3.63) is 144 Å². The van der Waals surface area contributed by atoms with Gasteiger partial charge >= 0.3 is 0 Å². The molecule has 0 fully saturated rings. The molecule has 0 saturated heterocycles. The van der Waals surface area contributed by atoms with E-state index in [1.165, 1.54) is 28.9 Å². The summed E-state index contributed by atoms with van der Waals surface area (Å²) in [7, 11) is 0. The molecule has 5 aromatic rings. The molecule has 5 rings (SSSR count). The van der Waals surface area contributed by atoms with Crippen molar-refractivity contribution in [3.8, 4) is 16.9 Å². The quantitative estimate of drug-likeness (QED) is 0.288. The Morgan fingerprint density at radius 2 is 1.36 bits per heavy atom. The Balaban J connectivity index is 1.52. The Bertz CT molecular complexity index is 1450. The molecule has 1 aromatic heterocycles. The first-order valence-corrected chi connectivity index (χ1v) is 11.6. The Kier molecular flexibility index (Phi) is 6.67. The van der Waals surface area contributed by atoms with E-state index in [0.717, 1.165) is 11.1 Å². The van der Waals surface area contributed by atoms with E-state index < -0.39 is 0 Å². The van der Waals surface area contributed by atoms with Gasteiger partial charge in [-0.2, -0.15) is 5.10 Å². The second-order valence-corrected chi connectivity index (χ2v) is 8.44. The molecular formula is C30H23F2N3O. The van der Waals surface area contributed by atoms with Crippen LogP contribution in [0.1, 0.15) is 27.7 Å². The molecular weight excluding hydrogens is 456 g/mol. The third-order valence-electron chi connectivity index (χ3n) is 5.94. The van der Waals surface area contributed by atoms with Gasteiger partial charge in [0.2, 0.25) is 0 Å². The van der Waals surface area contributed by atoms with E-state index in [1.54, 1.807) is 30.3 Å². The molecule has 36 heavy (non-hydrogen) atoms. The predicted octanol–water partition coefficient (Wildman–Crippen LogP) is 6.53. The third kappa shape index (κ3) is 5.23. The predicted molar refractivity (Wildman–Crippen MR) is 136 cm³/mol. The second kappa shape index (κ2) is 10.4. The van der Waals surface area contributed by atoms with Crippen LogP contribution in [0.15, 0.2) is 115 Å². The lowest BCUT2D eigenvalue weighted by Gasteiger charge is -2.20. The van der Waals surface area contributed by atoms with Gasteiger partial charge < -0.3 is 5.32 Å². The van der Waals surface area contributed by atoms with Crippen molar-refractivity contribution in [1.82, 2.24) is 15.1 Å². The van der Waals surface area contributed by atoms with E-state index in [0.29, 0.717) is 23.4 Å². The van der Waals surface area contributed by atoms with E-state index in [9.17, 15) is 13.6 Å². The number of benzene rings is 4. The summed E-state index contributed by atoms with van der Waals surface area (Å²) in [6.07, 6.45) is 0.603. The number of carbonyl (C=O) groups is 1. The SMILES string of the molecule is O=C(NC(Cc1ccccc1)c1ccccc1)c1cc(-c2ccc(F)cc2)nn1-c1ccc(F)cc1. The van der Waals surface area contributed by atoms with Crippen molar-refractivity contribution < 1.29 is 13.6 Å². The minimum absolute atomic E-state index is 0.285. The molecule has 1 heterocycles. The first-order valence-electron chi connectivity index (χ1n) is 11.6. The Labute approximate surface area is 207 Å². The zero-order valence-corrected chi connectivity index (χ0v) is 19.3. The van der Waals surface area contributed by atoms with Crippen molar-refractivity contribution in [2.24, 2.45) is 0 Å². The number of carbonyl (C=O) groups excluding carboxylic acids is 1. The number of hydrogen-bond donors (Lipinski definition) is 1. The van der Waals surface area contributed by atoms with Crippen LogP contribution >= 0.6 is 0 Å². The Morgan fingerprint density at radius 3 is 2.00 bits per heavy atom. The maximum absolute atomic E-state index is 13.7. The van der Waals surface area contributed by atoms with Crippen molar-refractivity contribution in [2.45, 2.75) is 12.5 Å². The first-order chi connectivity index (χ1) is 17.6. The third-order valence-corrected chi connectivity index (χ3v) is 5.94. The first kappa shape index (κ1) is 23.2. The molecule has 1 amide bonds. The number of hydrogen-bond acceptors (Lipinski definition) is 2. The minimum atomic E-state index is -0.386. The highest BCUT2D eigenvalue weighted by atomic mass is 19.1. The standard InChI is InChI=1S/C30H23F2N3O/c31-24-13-11-23(12-14-24)28-20-29(35(34-28)26-17-15-25(32)16-18-26)30(36)33-27(22-9-5-2-6-10-22)19-21-7-3-1-4-8-21/h1-18,20,27H,19H2,(H,33,36). The highest BCUT2D eigenvalue weighted by Crippen LogP contribution is 2.24. The normalized spacial score (nSPS) is 11.7. The van der Waals surface area contributed by atoms with Gasteiger partial charge in [0.1, 0.15) is 17.3 Å². The summed E-state index contributed by atoms with van der Waals surface area (Å²) in [5, 5.41) is 7.77. The van der Waals surface area contributed by atoms with Crippen LogP contribution < -0.4 is 5.32 Å². The lowest BCUT2D eigenvalue weighted by atomic mass is 9.98. The van der Waals surface area contributed by atoms with Crippen molar-refractivity contribution in [1.29, 1.82) is 0 Å². The van der Waals surface area contributed by atoms with Gasteiger partial charge in [0.25, 0.3) is 5.91 Å². The number of amides is 1. The van der Waals surface area contributed by atoms with Gasteiger partial charge in [-0.05, 0) is 72.1 Å². The fraction of sp³-hybridized carbons (Fsp3) is 0.0667. The summed E-state index contributed by atoms with van der Waals surface area (Å²) in [6.45, 7) is 0. The summed E-state index contributed by atoms with van der Waals surface area (Å²) in [5.74, 6) is -1.08. The van der Waals surface area contributed by atoms with Gasteiger partial charge in [0, 0.05) is 5.56 Å². The number of halogens is 2. The molecule has 0 aliphatic carbocycles. The highest BCUT2D eigenvalue weighted by molar-refractivity contribution is 5.94. The molecule has 1 N–H and O–H groups in total. The molecule has 0 spiro atoms. The molecule has 0 radical (unpaired) electrons. The molecule has 1 unspecified atom stereocenters. The van der Waals surface area contributed by atoms with Crippen LogP contribution in [0, 0.1) is 11.6 Å². The van der Waals surface area contributed by atoms with Crippen LogP contribution in [0.2, 0.25) is 0 Å². The van der Waals surface area contributed by atoms with Crippen LogP contribution in [-0.4, -0.2) is 15.7 Å².